The Kier molecular flexibility index (Phi) is 6.13. The van der Waals surface area contributed by atoms with Crippen LogP contribution in [0.4, 0.5) is 25.4 Å². The van der Waals surface area contributed by atoms with Crippen LogP contribution in [0.15, 0.2) is 55.0 Å². The van der Waals surface area contributed by atoms with E-state index in [2.05, 4.69) is 20.6 Å². The van der Waals surface area contributed by atoms with Crippen LogP contribution in [-0.4, -0.2) is 26.2 Å². The van der Waals surface area contributed by atoms with E-state index >= 15 is 0 Å². The highest BCUT2D eigenvalue weighted by Crippen LogP contribution is 2.31. The summed E-state index contributed by atoms with van der Waals surface area (Å²) in [7, 11) is 1.84. The Morgan fingerprint density at radius 2 is 1.82 bits per heavy atom. The Hall–Kier alpha value is -4.12. The van der Waals surface area contributed by atoms with Gasteiger partial charge >= 0.3 is 0 Å². The van der Waals surface area contributed by atoms with E-state index in [1.54, 1.807) is 35.2 Å². The molecule has 0 aliphatic heterocycles. The van der Waals surface area contributed by atoms with Crippen molar-refractivity contribution in [1.29, 1.82) is 0 Å². The second-order valence-electron chi connectivity index (χ2n) is 7.07. The Balaban J connectivity index is 1.43. The minimum Gasteiger partial charge on any atom is -0.382 e. The first-order valence-electron chi connectivity index (χ1n) is 9.69. The molecule has 0 aliphatic rings. The van der Waals surface area contributed by atoms with Crippen molar-refractivity contribution in [2.24, 2.45) is 7.05 Å². The van der Waals surface area contributed by atoms with E-state index < -0.39 is 23.0 Å². The maximum Gasteiger partial charge on any atom is 0.251 e. The monoisotopic (exact) mass is 468 g/mol. The second kappa shape index (κ2) is 9.17. The maximum atomic E-state index is 14.0. The Bertz CT molecular complexity index is 1310. The number of thiazole rings is 1. The average molecular weight is 468 g/mol. The highest BCUT2D eigenvalue weighted by atomic mass is 32.1. The first kappa shape index (κ1) is 22.1. The largest absolute Gasteiger partial charge is 0.382 e. The molecule has 8 nitrogen and oxygen atoms in total. The number of imidazole rings is 1. The lowest BCUT2D eigenvalue weighted by atomic mass is 10.1. The van der Waals surface area contributed by atoms with Gasteiger partial charge in [-0.3, -0.25) is 9.59 Å². The summed E-state index contributed by atoms with van der Waals surface area (Å²) in [5.41, 5.74) is 6.91. The number of halogens is 2. The molecular weight excluding hydrogens is 450 g/mol. The Morgan fingerprint density at radius 3 is 2.45 bits per heavy atom. The summed E-state index contributed by atoms with van der Waals surface area (Å²) in [5.74, 6) is -3.22. The lowest BCUT2D eigenvalue weighted by Crippen LogP contribution is -2.22. The van der Waals surface area contributed by atoms with Gasteiger partial charge in [-0.1, -0.05) is 17.4 Å². The van der Waals surface area contributed by atoms with Crippen LogP contribution in [0.3, 0.4) is 0 Å². The number of carbonyl (C=O) groups is 2. The van der Waals surface area contributed by atoms with Gasteiger partial charge in [0.1, 0.15) is 22.3 Å². The molecule has 2 aromatic carbocycles. The molecule has 0 radical (unpaired) electrons. The zero-order valence-corrected chi connectivity index (χ0v) is 18.1. The lowest BCUT2D eigenvalue weighted by Gasteiger charge is -2.06. The number of rotatable bonds is 7. The fourth-order valence-corrected chi connectivity index (χ4v) is 3.89. The lowest BCUT2D eigenvalue weighted by molar-refractivity contribution is 0.0949. The molecule has 0 spiro atoms. The summed E-state index contributed by atoms with van der Waals surface area (Å²) in [6.45, 7) is 0.303. The van der Waals surface area contributed by atoms with Crippen molar-refractivity contribution in [2.45, 2.75) is 6.54 Å². The molecule has 0 aliphatic carbocycles. The third-order valence-corrected chi connectivity index (χ3v) is 5.62. The van der Waals surface area contributed by atoms with E-state index in [0.717, 1.165) is 29.2 Å². The Morgan fingerprint density at radius 1 is 1.12 bits per heavy atom. The second-order valence-corrected chi connectivity index (χ2v) is 8.07. The van der Waals surface area contributed by atoms with E-state index in [1.807, 2.05) is 13.2 Å². The van der Waals surface area contributed by atoms with Crippen molar-refractivity contribution < 1.29 is 18.4 Å². The molecule has 0 saturated carbocycles. The van der Waals surface area contributed by atoms with Crippen molar-refractivity contribution in [2.75, 3.05) is 11.1 Å². The van der Waals surface area contributed by atoms with Crippen LogP contribution in [0, 0.1) is 11.6 Å². The highest BCUT2D eigenvalue weighted by molar-refractivity contribution is 7.18. The van der Waals surface area contributed by atoms with Gasteiger partial charge in [-0.25, -0.2) is 18.7 Å². The standard InChI is InChI=1S/C22H18F2N6O2S/c1-30-10-14(27-11-30)9-26-21(32)12-5-7-13(8-6-12)28-22-29-20(25)19(33-22)18(31)17-15(23)3-2-4-16(17)24/h2-8,10-11H,9,25H2,1H3,(H,26,32)(H,28,29). The number of hydrogen-bond acceptors (Lipinski definition) is 7. The third kappa shape index (κ3) is 4.88. The molecule has 0 bridgehead atoms. The first-order valence-corrected chi connectivity index (χ1v) is 10.5. The number of anilines is 3. The SMILES string of the molecule is Cn1cnc(CNC(=O)c2ccc(Nc3nc(N)c(C(=O)c4c(F)cccc4F)s3)cc2)c1. The molecule has 2 aromatic heterocycles. The molecule has 0 saturated heterocycles. The molecule has 11 heteroatoms. The van der Waals surface area contributed by atoms with Gasteiger partial charge in [0.15, 0.2) is 5.13 Å². The molecule has 0 unspecified atom stereocenters. The number of nitrogens with one attached hydrogen (secondary N) is 2. The molecular formula is C22H18F2N6O2S. The van der Waals surface area contributed by atoms with Gasteiger partial charge in [-0.05, 0) is 36.4 Å². The smallest absolute Gasteiger partial charge is 0.251 e. The fourth-order valence-electron chi connectivity index (χ4n) is 3.04. The van der Waals surface area contributed by atoms with Crippen molar-refractivity contribution in [1.82, 2.24) is 19.9 Å². The molecule has 168 valence electrons. The van der Waals surface area contributed by atoms with Gasteiger partial charge in [-0.2, -0.15) is 0 Å². The highest BCUT2D eigenvalue weighted by Gasteiger charge is 2.24. The summed E-state index contributed by atoms with van der Waals surface area (Å²) >= 11 is 0.875. The maximum absolute atomic E-state index is 14.0. The number of aromatic nitrogens is 3. The number of nitrogens with zero attached hydrogens (tertiary/aromatic N) is 3. The topological polar surface area (TPSA) is 115 Å². The number of carbonyl (C=O) groups excluding carboxylic acids is 2. The number of nitrogen functional groups attached to an aromatic ring is 1. The number of ketones is 1. The molecule has 1 amide bonds. The zero-order valence-electron chi connectivity index (χ0n) is 17.3. The normalized spacial score (nSPS) is 10.8. The number of nitrogens with two attached hydrogens (primary N) is 1. The predicted molar refractivity (Wildman–Crippen MR) is 120 cm³/mol. The first-order chi connectivity index (χ1) is 15.8. The van der Waals surface area contributed by atoms with Crippen molar-refractivity contribution in [3.63, 3.8) is 0 Å². The van der Waals surface area contributed by atoms with E-state index in [4.69, 9.17) is 5.73 Å². The Labute approximate surface area is 191 Å². The van der Waals surface area contributed by atoms with Gasteiger partial charge in [0.25, 0.3) is 5.91 Å². The van der Waals surface area contributed by atoms with Crippen molar-refractivity contribution >= 4 is 39.7 Å². The molecule has 0 atom stereocenters. The van der Waals surface area contributed by atoms with Crippen LogP contribution in [0.2, 0.25) is 0 Å². The number of hydrogen-bond donors (Lipinski definition) is 3. The summed E-state index contributed by atoms with van der Waals surface area (Å²) in [6.07, 6.45) is 3.46. The van der Waals surface area contributed by atoms with Crippen molar-refractivity contribution in [3.05, 3.63) is 88.3 Å². The van der Waals surface area contributed by atoms with Gasteiger partial charge in [0, 0.05) is 24.5 Å². The average Bonchev–Trinajstić information content (AvgIpc) is 3.37. The fraction of sp³-hybridized carbons (Fsp3) is 0.0909. The van der Waals surface area contributed by atoms with Gasteiger partial charge in [0.05, 0.1) is 24.1 Å². The summed E-state index contributed by atoms with van der Waals surface area (Å²) in [5, 5.41) is 6.02. The van der Waals surface area contributed by atoms with Gasteiger partial charge in [-0.15, -0.1) is 0 Å². The molecule has 4 N–H and O–H groups in total. The van der Waals surface area contributed by atoms with Gasteiger partial charge < -0.3 is 20.9 Å². The summed E-state index contributed by atoms with van der Waals surface area (Å²) in [6, 6.07) is 9.73. The van der Waals surface area contributed by atoms with Gasteiger partial charge in [0.2, 0.25) is 5.78 Å². The van der Waals surface area contributed by atoms with E-state index in [9.17, 15) is 18.4 Å². The van der Waals surface area contributed by atoms with Crippen LogP contribution in [0.1, 0.15) is 31.3 Å². The molecule has 2 heterocycles. The summed E-state index contributed by atoms with van der Waals surface area (Å²) in [4.78, 5) is 33.0. The quantitative estimate of drug-likeness (QED) is 0.357. The number of benzene rings is 2. The van der Waals surface area contributed by atoms with Crippen LogP contribution in [0.25, 0.3) is 0 Å². The molecule has 4 aromatic rings. The molecule has 4 rings (SSSR count). The van der Waals surface area contributed by atoms with E-state index in [1.165, 1.54) is 6.07 Å². The molecule has 33 heavy (non-hydrogen) atoms. The zero-order chi connectivity index (χ0) is 23.5. The number of aryl methyl sites for hydroxylation is 1. The minimum atomic E-state index is -0.973. The predicted octanol–water partition coefficient (Wildman–Crippen LogP) is 3.64. The van der Waals surface area contributed by atoms with E-state index in [0.29, 0.717) is 17.8 Å². The van der Waals surface area contributed by atoms with Crippen molar-refractivity contribution in [3.8, 4) is 0 Å². The number of amides is 1. The molecule has 0 fully saturated rings. The summed E-state index contributed by atoms with van der Waals surface area (Å²) < 4.78 is 29.7. The third-order valence-electron chi connectivity index (χ3n) is 4.64. The van der Waals surface area contributed by atoms with E-state index in [-0.39, 0.29) is 21.7 Å². The van der Waals surface area contributed by atoms with Crippen LogP contribution >= 0.6 is 11.3 Å². The van der Waals surface area contributed by atoms with Crippen LogP contribution in [-0.2, 0) is 13.6 Å². The van der Waals surface area contributed by atoms with Crippen LogP contribution in [0.5, 0.6) is 0 Å². The van der Waals surface area contributed by atoms with Crippen LogP contribution < -0.4 is 16.4 Å². The minimum absolute atomic E-state index is 0.0768.